The van der Waals surface area contributed by atoms with Crippen molar-refractivity contribution < 1.29 is 4.74 Å². The first kappa shape index (κ1) is 20.2. The number of rotatable bonds is 8. The lowest BCUT2D eigenvalue weighted by molar-refractivity contribution is 0.0758. The maximum atomic E-state index is 5.47. The standard InChI is InChI=1S/C21H37N3O/c1-21(2,3)14-19(16-25-6)23(4)15-17-10-9-13-20(22-17)24(5)18-11-7-8-12-18/h9-10,13,18-19H,7-8,11-12,14-16H2,1-6H3. The van der Waals surface area contributed by atoms with E-state index >= 15 is 0 Å². The SMILES string of the molecule is COCC(CC(C)(C)C)N(C)Cc1cccc(N(C)C2CCCC2)n1. The molecule has 0 aromatic carbocycles. The van der Waals surface area contributed by atoms with Crippen molar-refractivity contribution in [2.75, 3.05) is 32.7 Å². The Kier molecular flexibility index (Phi) is 7.26. The molecule has 1 aliphatic carbocycles. The van der Waals surface area contributed by atoms with E-state index in [-0.39, 0.29) is 5.41 Å². The maximum absolute atomic E-state index is 5.47. The van der Waals surface area contributed by atoms with Crippen LogP contribution < -0.4 is 4.90 Å². The van der Waals surface area contributed by atoms with Crippen molar-refractivity contribution in [1.29, 1.82) is 0 Å². The second-order valence-electron chi connectivity index (χ2n) is 8.83. The fourth-order valence-corrected chi connectivity index (χ4v) is 3.86. The van der Waals surface area contributed by atoms with Crippen LogP contribution in [0.3, 0.4) is 0 Å². The van der Waals surface area contributed by atoms with Gasteiger partial charge in [-0.25, -0.2) is 4.98 Å². The molecule has 0 radical (unpaired) electrons. The summed E-state index contributed by atoms with van der Waals surface area (Å²) >= 11 is 0. The zero-order chi connectivity index (χ0) is 18.4. The number of hydrogen-bond acceptors (Lipinski definition) is 4. The van der Waals surface area contributed by atoms with Gasteiger partial charge in [0.1, 0.15) is 5.82 Å². The summed E-state index contributed by atoms with van der Waals surface area (Å²) in [7, 11) is 6.17. The van der Waals surface area contributed by atoms with Gasteiger partial charge in [-0.05, 0) is 43.9 Å². The van der Waals surface area contributed by atoms with E-state index in [9.17, 15) is 0 Å². The van der Waals surface area contributed by atoms with Crippen LogP contribution in [-0.4, -0.2) is 49.8 Å². The van der Waals surface area contributed by atoms with Gasteiger partial charge >= 0.3 is 0 Å². The molecule has 2 rings (SSSR count). The fourth-order valence-electron chi connectivity index (χ4n) is 3.86. The summed E-state index contributed by atoms with van der Waals surface area (Å²) in [6, 6.07) is 7.49. The molecule has 1 fully saturated rings. The third kappa shape index (κ3) is 6.27. The van der Waals surface area contributed by atoms with E-state index in [0.29, 0.717) is 12.1 Å². The number of anilines is 1. The normalized spacial score (nSPS) is 17.2. The molecule has 0 saturated heterocycles. The molecular weight excluding hydrogens is 310 g/mol. The Morgan fingerprint density at radius 2 is 1.88 bits per heavy atom. The van der Waals surface area contributed by atoms with Crippen LogP contribution in [-0.2, 0) is 11.3 Å². The highest BCUT2D eigenvalue weighted by Gasteiger charge is 2.23. The maximum Gasteiger partial charge on any atom is 0.128 e. The van der Waals surface area contributed by atoms with E-state index in [0.717, 1.165) is 31.1 Å². The quantitative estimate of drug-likeness (QED) is 0.699. The Bertz CT molecular complexity index is 520. The van der Waals surface area contributed by atoms with Crippen LogP contribution in [0.1, 0.15) is 58.6 Å². The summed E-state index contributed by atoms with van der Waals surface area (Å²) in [5.74, 6) is 1.11. The molecule has 0 bridgehead atoms. The molecule has 0 N–H and O–H groups in total. The summed E-state index contributed by atoms with van der Waals surface area (Å²) in [6.07, 6.45) is 6.40. The van der Waals surface area contributed by atoms with Crippen molar-refractivity contribution in [2.45, 2.75) is 71.5 Å². The third-order valence-electron chi connectivity index (χ3n) is 5.27. The minimum Gasteiger partial charge on any atom is -0.383 e. The van der Waals surface area contributed by atoms with Crippen LogP contribution in [0.15, 0.2) is 18.2 Å². The van der Waals surface area contributed by atoms with Gasteiger partial charge in [-0.2, -0.15) is 0 Å². The van der Waals surface area contributed by atoms with Crippen molar-refractivity contribution in [1.82, 2.24) is 9.88 Å². The average molecular weight is 348 g/mol. The van der Waals surface area contributed by atoms with Gasteiger partial charge in [-0.15, -0.1) is 0 Å². The van der Waals surface area contributed by atoms with Crippen LogP contribution in [0.25, 0.3) is 0 Å². The lowest BCUT2D eigenvalue weighted by Crippen LogP contribution is -2.38. The van der Waals surface area contributed by atoms with Crippen molar-refractivity contribution in [3.63, 3.8) is 0 Å². The van der Waals surface area contributed by atoms with Crippen molar-refractivity contribution >= 4 is 5.82 Å². The van der Waals surface area contributed by atoms with Crippen molar-refractivity contribution in [3.8, 4) is 0 Å². The van der Waals surface area contributed by atoms with Crippen LogP contribution in [0, 0.1) is 5.41 Å². The van der Waals surface area contributed by atoms with Gasteiger partial charge in [0.2, 0.25) is 0 Å². The number of ether oxygens (including phenoxy) is 1. The van der Waals surface area contributed by atoms with Gasteiger partial charge in [0.25, 0.3) is 0 Å². The Balaban J connectivity index is 2.03. The Morgan fingerprint density at radius 3 is 2.48 bits per heavy atom. The Labute approximate surface area is 154 Å². The molecule has 1 atom stereocenters. The van der Waals surface area contributed by atoms with Gasteiger partial charge in [0, 0.05) is 32.8 Å². The van der Waals surface area contributed by atoms with Crippen molar-refractivity contribution in [3.05, 3.63) is 23.9 Å². The lowest BCUT2D eigenvalue weighted by Gasteiger charge is -2.33. The monoisotopic (exact) mass is 347 g/mol. The van der Waals surface area contributed by atoms with Crippen molar-refractivity contribution in [2.24, 2.45) is 5.41 Å². The van der Waals surface area contributed by atoms with E-state index in [1.807, 2.05) is 0 Å². The lowest BCUT2D eigenvalue weighted by atomic mass is 9.88. The molecule has 1 aromatic heterocycles. The van der Waals surface area contributed by atoms with Gasteiger partial charge in [0.15, 0.2) is 0 Å². The highest BCUT2D eigenvalue weighted by Crippen LogP contribution is 2.27. The predicted molar refractivity (Wildman–Crippen MR) is 106 cm³/mol. The van der Waals surface area contributed by atoms with E-state index in [1.165, 1.54) is 25.7 Å². The summed E-state index contributed by atoms with van der Waals surface area (Å²) < 4.78 is 5.47. The summed E-state index contributed by atoms with van der Waals surface area (Å²) in [4.78, 5) is 9.70. The van der Waals surface area contributed by atoms with Gasteiger partial charge < -0.3 is 9.64 Å². The first-order chi connectivity index (χ1) is 11.8. The Morgan fingerprint density at radius 1 is 1.20 bits per heavy atom. The molecule has 142 valence electrons. The first-order valence-electron chi connectivity index (χ1n) is 9.68. The van der Waals surface area contributed by atoms with Gasteiger partial charge in [0.05, 0.1) is 12.3 Å². The summed E-state index contributed by atoms with van der Waals surface area (Å²) in [5, 5.41) is 0. The van der Waals surface area contributed by atoms with Gasteiger partial charge in [-0.3, -0.25) is 4.90 Å². The molecule has 1 unspecified atom stereocenters. The van der Waals surface area contributed by atoms with Crippen LogP contribution in [0.5, 0.6) is 0 Å². The van der Waals surface area contributed by atoms with Gasteiger partial charge in [-0.1, -0.05) is 39.7 Å². The molecule has 0 amide bonds. The van der Waals surface area contributed by atoms with Crippen LogP contribution >= 0.6 is 0 Å². The second kappa shape index (κ2) is 9.00. The first-order valence-corrected chi connectivity index (χ1v) is 9.68. The number of pyridine rings is 1. The van der Waals surface area contributed by atoms with E-state index in [4.69, 9.17) is 9.72 Å². The molecule has 4 nitrogen and oxygen atoms in total. The minimum absolute atomic E-state index is 0.287. The molecule has 0 aliphatic heterocycles. The minimum atomic E-state index is 0.287. The number of likely N-dealkylation sites (N-methyl/N-ethyl adjacent to an activating group) is 1. The predicted octanol–water partition coefficient (Wildman–Crippen LogP) is 4.34. The molecule has 4 heteroatoms. The zero-order valence-corrected chi connectivity index (χ0v) is 17.1. The van der Waals surface area contributed by atoms with Crippen LogP contribution in [0.2, 0.25) is 0 Å². The van der Waals surface area contributed by atoms with Crippen LogP contribution in [0.4, 0.5) is 5.82 Å². The number of nitrogens with zero attached hydrogens (tertiary/aromatic N) is 3. The molecule has 25 heavy (non-hydrogen) atoms. The van der Waals surface area contributed by atoms with E-state index in [1.54, 1.807) is 7.11 Å². The second-order valence-corrected chi connectivity index (χ2v) is 8.83. The fraction of sp³-hybridized carbons (Fsp3) is 0.762. The Hall–Kier alpha value is -1.13. The number of aromatic nitrogens is 1. The highest BCUT2D eigenvalue weighted by molar-refractivity contribution is 5.39. The third-order valence-corrected chi connectivity index (χ3v) is 5.27. The topological polar surface area (TPSA) is 28.6 Å². The molecular formula is C21H37N3O. The molecule has 1 aliphatic rings. The smallest absolute Gasteiger partial charge is 0.128 e. The van der Waals surface area contributed by atoms with E-state index in [2.05, 4.69) is 62.9 Å². The average Bonchev–Trinajstić information content (AvgIpc) is 3.07. The molecule has 1 heterocycles. The number of methoxy groups -OCH3 is 1. The molecule has 1 aromatic rings. The number of hydrogen-bond donors (Lipinski definition) is 0. The molecule has 0 spiro atoms. The summed E-state index contributed by atoms with van der Waals surface area (Å²) in [5.41, 5.74) is 1.43. The molecule has 1 saturated carbocycles. The highest BCUT2D eigenvalue weighted by atomic mass is 16.5. The zero-order valence-electron chi connectivity index (χ0n) is 17.1. The largest absolute Gasteiger partial charge is 0.383 e. The van der Waals surface area contributed by atoms with E-state index < -0.39 is 0 Å². The summed E-state index contributed by atoms with van der Waals surface area (Å²) in [6.45, 7) is 8.49.